The number of aromatic amines is 1. The van der Waals surface area contributed by atoms with Gasteiger partial charge in [0.05, 0.1) is 12.1 Å². The van der Waals surface area contributed by atoms with Crippen molar-refractivity contribution >= 4 is 11.8 Å². The number of aromatic nitrogens is 1. The van der Waals surface area contributed by atoms with Gasteiger partial charge in [0.1, 0.15) is 5.69 Å². The van der Waals surface area contributed by atoms with Crippen molar-refractivity contribution in [1.82, 2.24) is 15.2 Å². The third-order valence-corrected chi connectivity index (χ3v) is 3.53. The number of imide groups is 1. The highest BCUT2D eigenvalue weighted by Gasteiger charge is 2.44. The molecule has 0 saturated carbocycles. The summed E-state index contributed by atoms with van der Waals surface area (Å²) in [6.45, 7) is 4.96. The molecular formula is C13H19N3O3. The highest BCUT2D eigenvalue weighted by molar-refractivity contribution is 6.04. The number of β-amino-alcohol motifs (C(OH)–C–C–N with tert-alkyl or cyclic N) is 1. The average molecular weight is 265 g/mol. The largest absolute Gasteiger partial charge is 0.387 e. The van der Waals surface area contributed by atoms with Gasteiger partial charge in [-0.25, -0.2) is 0 Å². The summed E-state index contributed by atoms with van der Waals surface area (Å²) in [4.78, 5) is 27.8. The van der Waals surface area contributed by atoms with Crippen molar-refractivity contribution < 1.29 is 14.7 Å². The molecule has 0 spiro atoms. The van der Waals surface area contributed by atoms with Gasteiger partial charge >= 0.3 is 0 Å². The van der Waals surface area contributed by atoms with E-state index in [-0.39, 0.29) is 18.4 Å². The predicted molar refractivity (Wildman–Crippen MR) is 69.5 cm³/mol. The maximum Gasteiger partial charge on any atom is 0.274 e. The second-order valence-corrected chi connectivity index (χ2v) is 5.36. The Morgan fingerprint density at radius 1 is 1.53 bits per heavy atom. The molecule has 3 N–H and O–H groups in total. The maximum absolute atomic E-state index is 11.7. The molecule has 0 bridgehead atoms. The lowest BCUT2D eigenvalue weighted by Gasteiger charge is -2.48. The third kappa shape index (κ3) is 3.02. The average Bonchev–Trinajstić information content (AvgIpc) is 2.79. The van der Waals surface area contributed by atoms with Crippen molar-refractivity contribution in [2.75, 3.05) is 19.6 Å². The summed E-state index contributed by atoms with van der Waals surface area (Å²) in [6.07, 6.45) is 1.62. The zero-order chi connectivity index (χ0) is 14.0. The monoisotopic (exact) mass is 265 g/mol. The first-order valence-corrected chi connectivity index (χ1v) is 6.33. The van der Waals surface area contributed by atoms with Gasteiger partial charge in [-0.05, 0) is 18.1 Å². The standard InChI is InChI=1S/C13H19N3O3/c1-9(2)13(19)7-16(8-13)6-11(17)15-12(18)10-4-3-5-14-10/h3-5,9,14,19H,6-8H2,1-2H3,(H,15,17,18). The van der Waals surface area contributed by atoms with E-state index in [1.165, 1.54) is 0 Å². The first kappa shape index (κ1) is 13.8. The molecule has 0 unspecified atom stereocenters. The Kier molecular flexibility index (Phi) is 3.73. The summed E-state index contributed by atoms with van der Waals surface area (Å²) in [5.74, 6) is -0.632. The molecule has 0 aromatic carbocycles. The van der Waals surface area contributed by atoms with Gasteiger partial charge in [-0.3, -0.25) is 19.8 Å². The molecule has 0 radical (unpaired) electrons. The number of nitrogens with zero attached hydrogens (tertiary/aromatic N) is 1. The van der Waals surface area contributed by atoms with Crippen LogP contribution in [0.4, 0.5) is 0 Å². The number of carbonyl (C=O) groups excluding carboxylic acids is 2. The number of amides is 2. The summed E-state index contributed by atoms with van der Waals surface area (Å²) in [7, 11) is 0. The van der Waals surface area contributed by atoms with Gasteiger partial charge in [0, 0.05) is 19.3 Å². The van der Waals surface area contributed by atoms with E-state index < -0.39 is 11.5 Å². The molecule has 19 heavy (non-hydrogen) atoms. The second-order valence-electron chi connectivity index (χ2n) is 5.36. The molecule has 1 aromatic rings. The summed E-state index contributed by atoms with van der Waals surface area (Å²) in [6, 6.07) is 3.29. The van der Waals surface area contributed by atoms with Gasteiger partial charge in [0.2, 0.25) is 5.91 Å². The van der Waals surface area contributed by atoms with E-state index in [1.807, 2.05) is 18.7 Å². The van der Waals surface area contributed by atoms with Crippen LogP contribution in [0.2, 0.25) is 0 Å². The lowest BCUT2D eigenvalue weighted by atomic mass is 9.83. The Hall–Kier alpha value is -1.66. The minimum atomic E-state index is -0.705. The van der Waals surface area contributed by atoms with Gasteiger partial charge in [-0.1, -0.05) is 13.8 Å². The quantitative estimate of drug-likeness (QED) is 0.714. The number of hydrogen-bond acceptors (Lipinski definition) is 4. The molecule has 6 heteroatoms. The number of rotatable bonds is 4. The van der Waals surface area contributed by atoms with Crippen molar-refractivity contribution in [3.05, 3.63) is 24.0 Å². The molecule has 0 atom stereocenters. The van der Waals surface area contributed by atoms with Crippen LogP contribution < -0.4 is 5.32 Å². The molecule has 6 nitrogen and oxygen atoms in total. The molecule has 1 fully saturated rings. The molecule has 1 aliphatic rings. The molecule has 1 aliphatic heterocycles. The van der Waals surface area contributed by atoms with Crippen molar-refractivity contribution in [2.45, 2.75) is 19.4 Å². The van der Waals surface area contributed by atoms with Crippen molar-refractivity contribution in [1.29, 1.82) is 0 Å². The molecule has 1 saturated heterocycles. The minimum Gasteiger partial charge on any atom is -0.387 e. The van der Waals surface area contributed by atoms with Gasteiger partial charge in [-0.2, -0.15) is 0 Å². The fourth-order valence-corrected chi connectivity index (χ4v) is 2.11. The van der Waals surface area contributed by atoms with Crippen molar-refractivity contribution in [3.63, 3.8) is 0 Å². The summed E-state index contributed by atoms with van der Waals surface area (Å²) >= 11 is 0. The predicted octanol–water partition coefficient (Wildman–Crippen LogP) is -0.0262. The van der Waals surface area contributed by atoms with E-state index in [0.29, 0.717) is 18.8 Å². The van der Waals surface area contributed by atoms with E-state index in [0.717, 1.165) is 0 Å². The Balaban J connectivity index is 1.76. The van der Waals surface area contributed by atoms with Crippen LogP contribution >= 0.6 is 0 Å². The Morgan fingerprint density at radius 3 is 2.74 bits per heavy atom. The van der Waals surface area contributed by atoms with Crippen LogP contribution in [0, 0.1) is 5.92 Å². The Morgan fingerprint density at radius 2 is 2.21 bits per heavy atom. The van der Waals surface area contributed by atoms with E-state index in [1.54, 1.807) is 18.3 Å². The molecule has 2 heterocycles. The summed E-state index contributed by atoms with van der Waals surface area (Å²) in [5, 5.41) is 12.4. The van der Waals surface area contributed by atoms with Crippen LogP contribution in [0.5, 0.6) is 0 Å². The first-order chi connectivity index (χ1) is 8.90. The van der Waals surface area contributed by atoms with Crippen LogP contribution in [-0.2, 0) is 4.79 Å². The van der Waals surface area contributed by atoms with Gasteiger partial charge in [0.15, 0.2) is 0 Å². The number of nitrogens with one attached hydrogen (secondary N) is 2. The first-order valence-electron chi connectivity index (χ1n) is 6.33. The summed E-state index contributed by atoms with van der Waals surface area (Å²) < 4.78 is 0. The Labute approximate surface area is 111 Å². The maximum atomic E-state index is 11.7. The van der Waals surface area contributed by atoms with Crippen LogP contribution in [0.15, 0.2) is 18.3 Å². The number of carbonyl (C=O) groups is 2. The van der Waals surface area contributed by atoms with Crippen LogP contribution in [0.25, 0.3) is 0 Å². The molecule has 0 aliphatic carbocycles. The van der Waals surface area contributed by atoms with Gasteiger partial charge < -0.3 is 10.1 Å². The third-order valence-electron chi connectivity index (χ3n) is 3.53. The van der Waals surface area contributed by atoms with Crippen molar-refractivity contribution in [3.8, 4) is 0 Å². The van der Waals surface area contributed by atoms with Crippen LogP contribution in [0.3, 0.4) is 0 Å². The summed E-state index contributed by atoms with van der Waals surface area (Å²) in [5.41, 5.74) is -0.348. The van der Waals surface area contributed by atoms with Gasteiger partial charge in [0.25, 0.3) is 5.91 Å². The van der Waals surface area contributed by atoms with E-state index >= 15 is 0 Å². The molecule has 104 valence electrons. The van der Waals surface area contributed by atoms with E-state index in [4.69, 9.17) is 0 Å². The lowest BCUT2D eigenvalue weighted by molar-refractivity contribution is -0.141. The van der Waals surface area contributed by atoms with Gasteiger partial charge in [-0.15, -0.1) is 0 Å². The molecule has 1 aromatic heterocycles. The zero-order valence-electron chi connectivity index (χ0n) is 11.1. The van der Waals surface area contributed by atoms with Crippen LogP contribution in [-0.4, -0.2) is 52.0 Å². The topological polar surface area (TPSA) is 85.4 Å². The zero-order valence-corrected chi connectivity index (χ0v) is 11.1. The lowest BCUT2D eigenvalue weighted by Crippen LogP contribution is -2.65. The molecule has 2 amide bonds. The molecule has 2 rings (SSSR count). The number of hydrogen-bond donors (Lipinski definition) is 3. The van der Waals surface area contributed by atoms with Crippen molar-refractivity contribution in [2.24, 2.45) is 5.92 Å². The smallest absolute Gasteiger partial charge is 0.274 e. The van der Waals surface area contributed by atoms with E-state index in [2.05, 4.69) is 10.3 Å². The highest BCUT2D eigenvalue weighted by Crippen LogP contribution is 2.27. The number of likely N-dealkylation sites (tertiary alicyclic amines) is 1. The van der Waals surface area contributed by atoms with E-state index in [9.17, 15) is 14.7 Å². The fraction of sp³-hybridized carbons (Fsp3) is 0.538. The highest BCUT2D eigenvalue weighted by atomic mass is 16.3. The Bertz CT molecular complexity index is 461. The number of aliphatic hydroxyl groups is 1. The molecular weight excluding hydrogens is 246 g/mol. The normalized spacial score (nSPS) is 18.1. The van der Waals surface area contributed by atoms with Crippen LogP contribution in [0.1, 0.15) is 24.3 Å². The minimum absolute atomic E-state index is 0.126. The SMILES string of the molecule is CC(C)C1(O)CN(CC(=O)NC(=O)c2ccc[nH]2)C1. The fourth-order valence-electron chi connectivity index (χ4n) is 2.11. The second kappa shape index (κ2) is 5.14. The number of H-pyrrole nitrogens is 1.